The number of hydrogen-bond acceptors (Lipinski definition) is 5. The molecule has 180 valence electrons. The minimum Gasteiger partial charge on any atom is -0.356 e. The summed E-state index contributed by atoms with van der Waals surface area (Å²) in [6.45, 7) is 6.52. The molecule has 0 unspecified atom stereocenters. The van der Waals surface area contributed by atoms with Crippen LogP contribution in [0.25, 0.3) is 22.5 Å². The molecule has 2 heterocycles. The highest BCUT2D eigenvalue weighted by Crippen LogP contribution is 2.19. The number of para-hydroxylation sites is 2. The van der Waals surface area contributed by atoms with E-state index in [1.807, 2.05) is 18.2 Å². The fourth-order valence-electron chi connectivity index (χ4n) is 3.84. The lowest BCUT2D eigenvalue weighted by molar-refractivity contribution is 0.422. The summed E-state index contributed by atoms with van der Waals surface area (Å²) < 4.78 is 7.68. The van der Waals surface area contributed by atoms with Crippen LogP contribution in [0.4, 0.5) is 0 Å². The van der Waals surface area contributed by atoms with E-state index in [0.29, 0.717) is 12.4 Å². The predicted molar refractivity (Wildman–Crippen MR) is 146 cm³/mol. The van der Waals surface area contributed by atoms with Gasteiger partial charge in [-0.25, -0.2) is 4.98 Å². The Morgan fingerprint density at radius 1 is 1.09 bits per heavy atom. The van der Waals surface area contributed by atoms with Crippen molar-refractivity contribution in [1.29, 1.82) is 0 Å². The maximum atomic E-state index is 5.41. The van der Waals surface area contributed by atoms with E-state index in [1.54, 1.807) is 7.05 Å². The Bertz CT molecular complexity index is 1230. The number of nitrogens with one attached hydrogen (secondary N) is 2. The van der Waals surface area contributed by atoms with Crippen LogP contribution in [0.15, 0.2) is 58.0 Å². The summed E-state index contributed by atoms with van der Waals surface area (Å²) in [5.41, 5.74) is 4.27. The van der Waals surface area contributed by atoms with E-state index < -0.39 is 0 Å². The SMILES string of the molecule is CCCc1noc(-c2cccc(CNC(=NC)NCCCn3c(C)nc4ccccc43)c2)n1.I. The first-order valence-corrected chi connectivity index (χ1v) is 11.5. The average molecular weight is 573 g/mol. The van der Waals surface area contributed by atoms with Gasteiger partial charge in [-0.1, -0.05) is 36.3 Å². The van der Waals surface area contributed by atoms with Gasteiger partial charge in [0.05, 0.1) is 11.0 Å². The third-order valence-corrected chi connectivity index (χ3v) is 5.50. The molecule has 0 bridgehead atoms. The first-order valence-electron chi connectivity index (χ1n) is 11.5. The number of rotatable bonds is 9. The molecule has 0 saturated carbocycles. The van der Waals surface area contributed by atoms with E-state index in [-0.39, 0.29) is 24.0 Å². The Morgan fingerprint density at radius 2 is 1.94 bits per heavy atom. The van der Waals surface area contributed by atoms with Gasteiger partial charge in [-0.15, -0.1) is 24.0 Å². The number of benzene rings is 2. The quantitative estimate of drug-likeness (QED) is 0.130. The topological polar surface area (TPSA) is 93.2 Å². The predicted octanol–water partition coefficient (Wildman–Crippen LogP) is 4.72. The second-order valence-electron chi connectivity index (χ2n) is 7.97. The minimum atomic E-state index is 0. The third-order valence-electron chi connectivity index (χ3n) is 5.50. The van der Waals surface area contributed by atoms with E-state index in [2.05, 4.69) is 79.5 Å². The molecular formula is C25H32IN7O. The molecule has 8 nitrogen and oxygen atoms in total. The van der Waals surface area contributed by atoms with Gasteiger partial charge in [-0.05, 0) is 49.6 Å². The van der Waals surface area contributed by atoms with Gasteiger partial charge in [-0.2, -0.15) is 4.98 Å². The molecule has 2 aromatic carbocycles. The molecule has 4 aromatic rings. The van der Waals surface area contributed by atoms with Crippen LogP contribution in [0.3, 0.4) is 0 Å². The van der Waals surface area contributed by atoms with Crippen molar-refractivity contribution >= 4 is 41.0 Å². The highest BCUT2D eigenvalue weighted by Gasteiger charge is 2.09. The summed E-state index contributed by atoms with van der Waals surface area (Å²) in [6, 6.07) is 16.4. The Labute approximate surface area is 217 Å². The van der Waals surface area contributed by atoms with Gasteiger partial charge >= 0.3 is 0 Å². The second kappa shape index (κ2) is 12.5. The molecule has 0 saturated heterocycles. The number of imidazole rings is 1. The van der Waals surface area contributed by atoms with Gasteiger partial charge in [0.2, 0.25) is 0 Å². The zero-order valence-corrected chi connectivity index (χ0v) is 22.2. The van der Waals surface area contributed by atoms with E-state index in [9.17, 15) is 0 Å². The molecule has 34 heavy (non-hydrogen) atoms. The largest absolute Gasteiger partial charge is 0.356 e. The number of halogens is 1. The second-order valence-corrected chi connectivity index (χ2v) is 7.97. The molecule has 2 N–H and O–H groups in total. The number of fused-ring (bicyclic) bond motifs is 1. The Hall–Kier alpha value is -2.95. The van der Waals surface area contributed by atoms with Crippen LogP contribution < -0.4 is 10.6 Å². The normalized spacial score (nSPS) is 11.4. The minimum absolute atomic E-state index is 0. The first-order chi connectivity index (χ1) is 16.2. The fraction of sp³-hybridized carbons (Fsp3) is 0.360. The summed E-state index contributed by atoms with van der Waals surface area (Å²) in [7, 11) is 1.78. The van der Waals surface area contributed by atoms with Crippen molar-refractivity contribution in [1.82, 2.24) is 30.3 Å². The molecule has 0 aliphatic heterocycles. The van der Waals surface area contributed by atoms with Crippen molar-refractivity contribution in [3.63, 3.8) is 0 Å². The van der Waals surface area contributed by atoms with E-state index in [1.165, 1.54) is 5.52 Å². The van der Waals surface area contributed by atoms with Crippen LogP contribution in [0.1, 0.15) is 37.0 Å². The van der Waals surface area contributed by atoms with Gasteiger partial charge in [0.1, 0.15) is 5.82 Å². The van der Waals surface area contributed by atoms with Crippen molar-refractivity contribution < 1.29 is 4.52 Å². The third kappa shape index (κ3) is 6.34. The molecule has 0 fully saturated rings. The monoisotopic (exact) mass is 573 g/mol. The van der Waals surface area contributed by atoms with Crippen molar-refractivity contribution in [3.8, 4) is 11.5 Å². The molecule has 2 aromatic heterocycles. The Morgan fingerprint density at radius 3 is 2.76 bits per heavy atom. The standard InChI is InChI=1S/C25H31N7O.HI/c1-4-9-23-30-24(33-31-23)20-11-7-10-19(16-20)17-28-25(26-3)27-14-8-15-32-18(2)29-21-12-5-6-13-22(21)32;/h5-7,10-13,16H,4,8-9,14-15,17H2,1-3H3,(H2,26,27,28);1H. The summed E-state index contributed by atoms with van der Waals surface area (Å²) in [5, 5.41) is 10.8. The Kier molecular flexibility index (Phi) is 9.43. The van der Waals surface area contributed by atoms with E-state index >= 15 is 0 Å². The summed E-state index contributed by atoms with van der Waals surface area (Å²) in [4.78, 5) is 13.5. The van der Waals surface area contributed by atoms with Gasteiger partial charge in [0.15, 0.2) is 11.8 Å². The molecule has 4 rings (SSSR count). The molecule has 0 amide bonds. The molecule has 9 heteroatoms. The molecule has 0 aliphatic carbocycles. The highest BCUT2D eigenvalue weighted by atomic mass is 127. The smallest absolute Gasteiger partial charge is 0.257 e. The number of aliphatic imine (C=N–C) groups is 1. The van der Waals surface area contributed by atoms with Gasteiger partial charge in [-0.3, -0.25) is 4.99 Å². The summed E-state index contributed by atoms with van der Waals surface area (Å²) in [6.07, 6.45) is 2.78. The van der Waals surface area contributed by atoms with Crippen molar-refractivity contribution in [2.24, 2.45) is 4.99 Å². The maximum Gasteiger partial charge on any atom is 0.257 e. The molecule has 0 aliphatic rings. The number of guanidine groups is 1. The lowest BCUT2D eigenvalue weighted by Gasteiger charge is -2.13. The van der Waals surface area contributed by atoms with Crippen LogP contribution in [0, 0.1) is 6.92 Å². The number of nitrogens with zero attached hydrogens (tertiary/aromatic N) is 5. The lowest BCUT2D eigenvalue weighted by atomic mass is 10.1. The molecule has 0 radical (unpaired) electrons. The molecular weight excluding hydrogens is 541 g/mol. The van der Waals surface area contributed by atoms with E-state index in [4.69, 9.17) is 4.52 Å². The van der Waals surface area contributed by atoms with Gasteiger partial charge < -0.3 is 19.7 Å². The molecule has 0 atom stereocenters. The van der Waals surface area contributed by atoms with E-state index in [0.717, 1.165) is 66.6 Å². The lowest BCUT2D eigenvalue weighted by Crippen LogP contribution is -2.37. The zero-order chi connectivity index (χ0) is 23.0. The first kappa shape index (κ1) is 25.7. The van der Waals surface area contributed by atoms with Gasteiger partial charge in [0.25, 0.3) is 5.89 Å². The summed E-state index contributed by atoms with van der Waals surface area (Å²) >= 11 is 0. The zero-order valence-electron chi connectivity index (χ0n) is 19.9. The van der Waals surface area contributed by atoms with Crippen LogP contribution in [-0.4, -0.2) is 39.2 Å². The number of aromatic nitrogens is 4. The van der Waals surface area contributed by atoms with Gasteiger partial charge in [0, 0.05) is 38.7 Å². The summed E-state index contributed by atoms with van der Waals surface area (Å²) in [5.74, 6) is 3.13. The van der Waals surface area contributed by atoms with Crippen molar-refractivity contribution in [2.45, 2.75) is 46.2 Å². The number of aryl methyl sites for hydroxylation is 3. The van der Waals surface area contributed by atoms with Crippen molar-refractivity contribution in [2.75, 3.05) is 13.6 Å². The Balaban J connectivity index is 0.00000324. The van der Waals surface area contributed by atoms with Crippen LogP contribution >= 0.6 is 24.0 Å². The van der Waals surface area contributed by atoms with Crippen molar-refractivity contribution in [3.05, 3.63) is 65.7 Å². The maximum absolute atomic E-state index is 5.41. The van der Waals surface area contributed by atoms with Crippen LogP contribution in [0.5, 0.6) is 0 Å². The van der Waals surface area contributed by atoms with Crippen LogP contribution in [-0.2, 0) is 19.5 Å². The number of hydrogen-bond donors (Lipinski definition) is 2. The fourth-order valence-corrected chi connectivity index (χ4v) is 3.84. The molecule has 0 spiro atoms. The average Bonchev–Trinajstić information content (AvgIpc) is 3.43. The van der Waals surface area contributed by atoms with Crippen LogP contribution in [0.2, 0.25) is 0 Å². The highest BCUT2D eigenvalue weighted by molar-refractivity contribution is 14.0.